The Bertz CT molecular complexity index is 202. The van der Waals surface area contributed by atoms with Gasteiger partial charge in [0, 0.05) is 0 Å². The van der Waals surface area contributed by atoms with E-state index in [9.17, 15) is 0 Å². The van der Waals surface area contributed by atoms with E-state index in [2.05, 4.69) is 13.8 Å². The number of benzene rings is 1. The second-order valence-corrected chi connectivity index (χ2v) is 2.75. The van der Waals surface area contributed by atoms with Crippen molar-refractivity contribution in [1.82, 2.24) is 0 Å². The first-order chi connectivity index (χ1) is 5.86. The number of para-hydroxylation sites is 1. The Kier molecular flexibility index (Phi) is 3.65. The van der Waals surface area contributed by atoms with Crippen LogP contribution in [0.2, 0.25) is 0 Å². The van der Waals surface area contributed by atoms with Gasteiger partial charge < -0.3 is 4.74 Å². The Morgan fingerprint density at radius 1 is 1.33 bits per heavy atom. The second-order valence-electron chi connectivity index (χ2n) is 2.75. The molecule has 0 heterocycles. The van der Waals surface area contributed by atoms with Crippen molar-refractivity contribution in [3.05, 3.63) is 37.3 Å². The average Bonchev–Trinajstić information content (AvgIpc) is 2.16. The smallest absolute Gasteiger partial charge is 0.119 e. The topological polar surface area (TPSA) is 9.23 Å². The van der Waals surface area contributed by atoms with Crippen molar-refractivity contribution >= 4 is 0 Å². The molecule has 1 nitrogen and oxygen atoms in total. The predicted octanol–water partition coefficient (Wildman–Crippen LogP) is 3.07. The molecular weight excluding hydrogens is 148 g/mol. The van der Waals surface area contributed by atoms with E-state index in [0.29, 0.717) is 0 Å². The molecule has 0 spiro atoms. The van der Waals surface area contributed by atoms with E-state index in [1.165, 1.54) is 0 Å². The molecule has 0 aromatic heterocycles. The molecule has 0 bridgehead atoms. The molecule has 1 heteroatoms. The third kappa shape index (κ3) is 2.57. The molecule has 1 unspecified atom stereocenters. The van der Waals surface area contributed by atoms with E-state index in [4.69, 9.17) is 4.74 Å². The molecule has 0 N–H and O–H groups in total. The maximum absolute atomic E-state index is 5.65. The zero-order valence-corrected chi connectivity index (χ0v) is 7.49. The predicted molar refractivity (Wildman–Crippen MR) is 51.1 cm³/mol. The van der Waals surface area contributed by atoms with Crippen molar-refractivity contribution in [1.29, 1.82) is 0 Å². The molecule has 0 aliphatic heterocycles. The number of rotatable bonds is 4. The minimum Gasteiger partial charge on any atom is -0.490 e. The molecule has 0 fully saturated rings. The Morgan fingerprint density at radius 2 is 2.00 bits per heavy atom. The van der Waals surface area contributed by atoms with Crippen molar-refractivity contribution in [2.24, 2.45) is 0 Å². The van der Waals surface area contributed by atoms with E-state index in [1.54, 1.807) is 0 Å². The summed E-state index contributed by atoms with van der Waals surface area (Å²) in [6, 6.07) is 9.88. The lowest BCUT2D eigenvalue weighted by Gasteiger charge is -2.14. The Hall–Kier alpha value is -0.980. The fraction of sp³-hybridized carbons (Fsp3) is 0.364. The molecule has 1 radical (unpaired) electrons. The van der Waals surface area contributed by atoms with Crippen LogP contribution in [-0.2, 0) is 0 Å². The minimum absolute atomic E-state index is 0.257. The van der Waals surface area contributed by atoms with Crippen LogP contribution < -0.4 is 4.74 Å². The van der Waals surface area contributed by atoms with Crippen LogP contribution in [0.4, 0.5) is 0 Å². The zero-order valence-electron chi connectivity index (χ0n) is 7.49. The fourth-order valence-electron chi connectivity index (χ4n) is 1.04. The summed E-state index contributed by atoms with van der Waals surface area (Å²) >= 11 is 0. The highest BCUT2D eigenvalue weighted by Crippen LogP contribution is 2.13. The van der Waals surface area contributed by atoms with Gasteiger partial charge >= 0.3 is 0 Å². The van der Waals surface area contributed by atoms with Gasteiger partial charge in [0.25, 0.3) is 0 Å². The van der Waals surface area contributed by atoms with Gasteiger partial charge in [-0.05, 0) is 31.9 Å². The van der Waals surface area contributed by atoms with Gasteiger partial charge in [-0.2, -0.15) is 0 Å². The molecule has 0 aliphatic carbocycles. The second kappa shape index (κ2) is 4.81. The fourth-order valence-corrected chi connectivity index (χ4v) is 1.04. The summed E-state index contributed by atoms with van der Waals surface area (Å²) in [6.45, 7) is 5.94. The molecule has 1 rings (SSSR count). The summed E-state index contributed by atoms with van der Waals surface area (Å²) in [4.78, 5) is 0. The Morgan fingerprint density at radius 3 is 2.50 bits per heavy atom. The van der Waals surface area contributed by atoms with Gasteiger partial charge in [-0.3, -0.25) is 0 Å². The Labute approximate surface area is 74.4 Å². The highest BCUT2D eigenvalue weighted by atomic mass is 16.5. The van der Waals surface area contributed by atoms with Crippen molar-refractivity contribution in [2.45, 2.75) is 25.9 Å². The molecule has 1 aromatic carbocycles. The van der Waals surface area contributed by atoms with Gasteiger partial charge in [-0.15, -0.1) is 0 Å². The number of hydrogen-bond donors (Lipinski definition) is 0. The van der Waals surface area contributed by atoms with Gasteiger partial charge in [0.15, 0.2) is 0 Å². The number of ether oxygens (including phenoxy) is 1. The Balaban J connectivity index is 2.51. The summed E-state index contributed by atoms with van der Waals surface area (Å²) < 4.78 is 5.65. The molecule has 65 valence electrons. The maximum atomic E-state index is 5.65. The normalized spacial score (nSPS) is 10.2. The van der Waals surface area contributed by atoms with Crippen molar-refractivity contribution in [3.8, 4) is 5.75 Å². The summed E-state index contributed by atoms with van der Waals surface area (Å²) in [7, 11) is 0. The van der Waals surface area contributed by atoms with E-state index in [1.807, 2.05) is 30.3 Å². The van der Waals surface area contributed by atoms with Gasteiger partial charge in [0.1, 0.15) is 5.75 Å². The third-order valence-corrected chi connectivity index (χ3v) is 1.82. The van der Waals surface area contributed by atoms with E-state index < -0.39 is 0 Å². The van der Waals surface area contributed by atoms with E-state index in [0.717, 1.165) is 18.6 Å². The SMILES string of the molecule is [CH2]CC(CC)Oc1ccccc1. The third-order valence-electron chi connectivity index (χ3n) is 1.82. The maximum Gasteiger partial charge on any atom is 0.119 e. The van der Waals surface area contributed by atoms with Gasteiger partial charge in [-0.25, -0.2) is 0 Å². The zero-order chi connectivity index (χ0) is 8.81. The van der Waals surface area contributed by atoms with Crippen LogP contribution in [-0.4, -0.2) is 6.10 Å². The highest BCUT2D eigenvalue weighted by molar-refractivity contribution is 5.21. The van der Waals surface area contributed by atoms with Crippen LogP contribution in [0, 0.1) is 6.92 Å². The standard InChI is InChI=1S/C11H15O/c1-3-10(4-2)12-11-8-6-5-7-9-11/h5-10H,1,3-4H2,2H3. The lowest BCUT2D eigenvalue weighted by Crippen LogP contribution is -2.13. The van der Waals surface area contributed by atoms with Gasteiger partial charge in [0.05, 0.1) is 6.10 Å². The number of hydrogen-bond acceptors (Lipinski definition) is 1. The average molecular weight is 163 g/mol. The molecular formula is C11H15O. The summed E-state index contributed by atoms with van der Waals surface area (Å²) in [5.74, 6) is 0.938. The molecule has 1 aromatic rings. The molecule has 12 heavy (non-hydrogen) atoms. The van der Waals surface area contributed by atoms with Crippen molar-refractivity contribution in [3.63, 3.8) is 0 Å². The molecule has 0 saturated heterocycles. The van der Waals surface area contributed by atoms with Crippen LogP contribution in [0.15, 0.2) is 30.3 Å². The monoisotopic (exact) mass is 163 g/mol. The van der Waals surface area contributed by atoms with Gasteiger partial charge in [0.2, 0.25) is 0 Å². The van der Waals surface area contributed by atoms with Crippen molar-refractivity contribution < 1.29 is 4.74 Å². The van der Waals surface area contributed by atoms with E-state index in [-0.39, 0.29) is 6.10 Å². The van der Waals surface area contributed by atoms with Crippen molar-refractivity contribution in [2.75, 3.05) is 0 Å². The first kappa shape index (κ1) is 9.11. The lowest BCUT2D eigenvalue weighted by molar-refractivity contribution is 0.200. The van der Waals surface area contributed by atoms with E-state index >= 15 is 0 Å². The first-order valence-corrected chi connectivity index (χ1v) is 4.37. The summed E-state index contributed by atoms with van der Waals surface area (Å²) in [6.07, 6.45) is 2.09. The van der Waals surface area contributed by atoms with Gasteiger partial charge in [-0.1, -0.05) is 25.1 Å². The molecule has 0 saturated carbocycles. The quantitative estimate of drug-likeness (QED) is 0.662. The summed E-state index contributed by atoms with van der Waals surface area (Å²) in [5, 5.41) is 0. The molecule has 0 aliphatic rings. The lowest BCUT2D eigenvalue weighted by atomic mass is 10.2. The van der Waals surface area contributed by atoms with Crippen LogP contribution in [0.25, 0.3) is 0 Å². The highest BCUT2D eigenvalue weighted by Gasteiger charge is 2.03. The first-order valence-electron chi connectivity index (χ1n) is 4.37. The molecule has 0 amide bonds. The van der Waals surface area contributed by atoms with Crippen LogP contribution in [0.3, 0.4) is 0 Å². The van der Waals surface area contributed by atoms with Crippen LogP contribution in [0.5, 0.6) is 5.75 Å². The molecule has 1 atom stereocenters. The van der Waals surface area contributed by atoms with Crippen LogP contribution in [0.1, 0.15) is 19.8 Å². The minimum atomic E-state index is 0.257. The largest absolute Gasteiger partial charge is 0.490 e. The van der Waals surface area contributed by atoms with Crippen LogP contribution >= 0.6 is 0 Å². The summed E-state index contributed by atoms with van der Waals surface area (Å²) in [5.41, 5.74) is 0.